The topological polar surface area (TPSA) is 20.3 Å². The smallest absolute Gasteiger partial charge is 0.134 e. The molecule has 0 fully saturated rings. The van der Waals surface area contributed by atoms with E-state index in [0.29, 0.717) is 0 Å². The molecule has 0 aliphatic rings. The van der Waals surface area contributed by atoms with Gasteiger partial charge in [0, 0.05) is 12.5 Å². The quantitative estimate of drug-likeness (QED) is 0.584. The van der Waals surface area contributed by atoms with Gasteiger partial charge in [-0.25, -0.2) is 0 Å². The maximum Gasteiger partial charge on any atom is 0.134 e. The minimum Gasteiger partial charge on any atom is -0.309 e. The molecule has 0 N–H and O–H groups in total. The molecule has 0 aromatic heterocycles. The van der Waals surface area contributed by atoms with Crippen LogP contribution in [0.4, 0.5) is 0 Å². The summed E-state index contributed by atoms with van der Waals surface area (Å²) >= 11 is 0. The first-order chi connectivity index (χ1) is 5.43. The maximum atomic E-state index is 11.1. The Hall–Kier alpha value is -0.630. The van der Waals surface area contributed by atoms with E-state index in [9.17, 15) is 4.79 Å². The van der Waals surface area contributed by atoms with Gasteiger partial charge in [-0.05, 0) is 34.4 Å². The Morgan fingerprint density at radius 2 is 1.92 bits per heavy atom. The molecular weight excluding hydrogens is 150 g/mol. The third kappa shape index (κ3) is 5.08. The minimum atomic E-state index is 0.123. The van der Waals surface area contributed by atoms with Gasteiger partial charge in [0.25, 0.3) is 0 Å². The van der Waals surface area contributed by atoms with E-state index in [1.807, 2.05) is 25.9 Å². The van der Waals surface area contributed by atoms with Gasteiger partial charge in [-0.15, -0.1) is 6.58 Å². The molecule has 70 valence electrons. The van der Waals surface area contributed by atoms with Gasteiger partial charge in [0.2, 0.25) is 0 Å². The number of ketones is 1. The van der Waals surface area contributed by atoms with Gasteiger partial charge in [0.15, 0.2) is 0 Å². The molecule has 0 saturated heterocycles. The molecule has 0 heterocycles. The monoisotopic (exact) mass is 169 g/mol. The number of carbonyl (C=O) groups excluding carboxylic acids is 1. The van der Waals surface area contributed by atoms with Crippen molar-refractivity contribution in [3.05, 3.63) is 12.2 Å². The molecule has 0 unspecified atom stereocenters. The van der Waals surface area contributed by atoms with Gasteiger partial charge in [-0.3, -0.25) is 4.79 Å². The molecule has 1 atom stereocenters. The molecule has 0 spiro atoms. The lowest BCUT2D eigenvalue weighted by Crippen LogP contribution is -2.26. The molecule has 0 aliphatic heterocycles. The van der Waals surface area contributed by atoms with Gasteiger partial charge in [-0.2, -0.15) is 0 Å². The third-order valence-corrected chi connectivity index (χ3v) is 1.76. The highest BCUT2D eigenvalue weighted by Gasteiger charge is 2.14. The second-order valence-corrected chi connectivity index (χ2v) is 3.73. The highest BCUT2D eigenvalue weighted by molar-refractivity contribution is 5.78. The van der Waals surface area contributed by atoms with Crippen molar-refractivity contribution in [3.8, 4) is 0 Å². The Morgan fingerprint density at radius 1 is 1.42 bits per heavy atom. The molecule has 0 amide bonds. The molecular formula is C10H19NO. The van der Waals surface area contributed by atoms with Crippen LogP contribution in [0.25, 0.3) is 0 Å². The second kappa shape index (κ2) is 5.09. The van der Waals surface area contributed by atoms with Crippen molar-refractivity contribution in [2.45, 2.75) is 20.3 Å². The average Bonchev–Trinajstić information content (AvgIpc) is 1.83. The lowest BCUT2D eigenvalue weighted by molar-refractivity contribution is -0.121. The van der Waals surface area contributed by atoms with E-state index in [2.05, 4.69) is 6.58 Å². The van der Waals surface area contributed by atoms with Gasteiger partial charge < -0.3 is 4.90 Å². The van der Waals surface area contributed by atoms with Gasteiger partial charge in [0.05, 0.1) is 0 Å². The van der Waals surface area contributed by atoms with E-state index in [0.717, 1.165) is 18.5 Å². The number of hydrogen-bond donors (Lipinski definition) is 0. The van der Waals surface area contributed by atoms with Crippen LogP contribution in [0.3, 0.4) is 0 Å². The van der Waals surface area contributed by atoms with Crippen LogP contribution in [0.5, 0.6) is 0 Å². The summed E-state index contributed by atoms with van der Waals surface area (Å²) in [6.45, 7) is 8.25. The van der Waals surface area contributed by atoms with E-state index < -0.39 is 0 Å². The summed E-state index contributed by atoms with van der Waals surface area (Å²) in [4.78, 5) is 13.2. The summed E-state index contributed by atoms with van der Waals surface area (Å²) in [5.41, 5.74) is 1.08. The Balaban J connectivity index is 4.04. The Kier molecular flexibility index (Phi) is 4.83. The summed E-state index contributed by atoms with van der Waals surface area (Å²) in [5, 5.41) is 0. The Labute approximate surface area is 75.3 Å². The lowest BCUT2D eigenvalue weighted by Gasteiger charge is -2.18. The maximum absolute atomic E-state index is 11.1. The van der Waals surface area contributed by atoms with Crippen LogP contribution in [-0.2, 0) is 4.79 Å². The number of allylic oxidation sites excluding steroid dienone is 1. The van der Waals surface area contributed by atoms with Crippen LogP contribution in [0.2, 0.25) is 0 Å². The summed E-state index contributed by atoms with van der Waals surface area (Å²) in [7, 11) is 3.96. The van der Waals surface area contributed by atoms with E-state index in [1.54, 1.807) is 6.92 Å². The third-order valence-electron chi connectivity index (χ3n) is 1.76. The number of rotatable bonds is 5. The van der Waals surface area contributed by atoms with Crippen molar-refractivity contribution in [2.24, 2.45) is 5.92 Å². The van der Waals surface area contributed by atoms with Crippen molar-refractivity contribution >= 4 is 5.78 Å². The van der Waals surface area contributed by atoms with Gasteiger partial charge in [-0.1, -0.05) is 5.57 Å². The molecule has 12 heavy (non-hydrogen) atoms. The van der Waals surface area contributed by atoms with Crippen molar-refractivity contribution in [1.82, 2.24) is 4.90 Å². The summed E-state index contributed by atoms with van der Waals surface area (Å²) in [6, 6.07) is 0. The van der Waals surface area contributed by atoms with Crippen LogP contribution < -0.4 is 0 Å². The molecule has 2 heteroatoms. The summed E-state index contributed by atoms with van der Waals surface area (Å²) < 4.78 is 0. The fourth-order valence-electron chi connectivity index (χ4n) is 1.20. The summed E-state index contributed by atoms with van der Waals surface area (Å²) in [5.74, 6) is 0.379. The SMILES string of the molecule is C=C(C)C[C@@H](CN(C)C)C(C)=O. The zero-order valence-electron chi connectivity index (χ0n) is 8.55. The molecule has 0 aliphatic carbocycles. The zero-order chi connectivity index (χ0) is 9.72. The van der Waals surface area contributed by atoms with E-state index in [-0.39, 0.29) is 11.7 Å². The first-order valence-corrected chi connectivity index (χ1v) is 4.23. The molecule has 0 bridgehead atoms. The number of carbonyl (C=O) groups is 1. The van der Waals surface area contributed by atoms with Crippen molar-refractivity contribution in [3.63, 3.8) is 0 Å². The van der Waals surface area contributed by atoms with E-state index >= 15 is 0 Å². The fourth-order valence-corrected chi connectivity index (χ4v) is 1.20. The molecule has 0 saturated carbocycles. The number of Topliss-reactive ketones (excluding diaryl/α,β-unsaturated/α-hetero) is 1. The highest BCUT2D eigenvalue weighted by atomic mass is 16.1. The van der Waals surface area contributed by atoms with Crippen molar-refractivity contribution in [1.29, 1.82) is 0 Å². The van der Waals surface area contributed by atoms with E-state index in [1.165, 1.54) is 0 Å². The van der Waals surface area contributed by atoms with Gasteiger partial charge in [0.1, 0.15) is 5.78 Å². The van der Waals surface area contributed by atoms with Crippen LogP contribution in [0.15, 0.2) is 12.2 Å². The first-order valence-electron chi connectivity index (χ1n) is 4.23. The molecule has 2 nitrogen and oxygen atoms in total. The Bertz CT molecular complexity index is 173. The first kappa shape index (κ1) is 11.4. The number of nitrogens with zero attached hydrogens (tertiary/aromatic N) is 1. The normalized spacial score (nSPS) is 13.1. The summed E-state index contributed by atoms with van der Waals surface area (Å²) in [6.07, 6.45) is 0.813. The zero-order valence-corrected chi connectivity index (χ0v) is 8.55. The Morgan fingerprint density at radius 3 is 2.17 bits per heavy atom. The van der Waals surface area contributed by atoms with Crippen molar-refractivity contribution < 1.29 is 4.79 Å². The fraction of sp³-hybridized carbons (Fsp3) is 0.700. The van der Waals surface area contributed by atoms with Gasteiger partial charge >= 0.3 is 0 Å². The standard InChI is InChI=1S/C10H19NO/c1-8(2)6-10(9(3)12)7-11(4)5/h10H,1,6-7H2,2-5H3/t10-/m0/s1. The van der Waals surface area contributed by atoms with Crippen LogP contribution in [-0.4, -0.2) is 31.3 Å². The molecule has 0 aromatic carbocycles. The number of hydrogen-bond acceptors (Lipinski definition) is 2. The average molecular weight is 169 g/mol. The molecule has 0 rings (SSSR count). The lowest BCUT2D eigenvalue weighted by atomic mass is 9.97. The predicted octanol–water partition coefficient (Wildman–Crippen LogP) is 1.72. The second-order valence-electron chi connectivity index (χ2n) is 3.73. The minimum absolute atomic E-state index is 0.123. The molecule has 0 radical (unpaired) electrons. The highest BCUT2D eigenvalue weighted by Crippen LogP contribution is 2.11. The largest absolute Gasteiger partial charge is 0.309 e. The van der Waals surface area contributed by atoms with E-state index in [4.69, 9.17) is 0 Å². The van der Waals surface area contributed by atoms with Crippen LogP contribution in [0, 0.1) is 5.92 Å². The van der Waals surface area contributed by atoms with Crippen LogP contribution in [0.1, 0.15) is 20.3 Å². The van der Waals surface area contributed by atoms with Crippen LogP contribution >= 0.6 is 0 Å². The van der Waals surface area contributed by atoms with Crippen molar-refractivity contribution in [2.75, 3.05) is 20.6 Å². The molecule has 0 aromatic rings. The predicted molar refractivity (Wildman–Crippen MR) is 52.2 cm³/mol.